The lowest BCUT2D eigenvalue weighted by Crippen LogP contribution is -2.33. The van der Waals surface area contributed by atoms with E-state index in [4.69, 9.17) is 58.0 Å². The van der Waals surface area contributed by atoms with Crippen molar-refractivity contribution in [3.63, 3.8) is 0 Å². The van der Waals surface area contributed by atoms with Crippen molar-refractivity contribution in [2.24, 2.45) is 0 Å². The number of amides is 2. The smallest absolute Gasteiger partial charge is 0.321 e. The van der Waals surface area contributed by atoms with E-state index >= 15 is 0 Å². The number of halogens is 10. The Hall–Kier alpha value is -2.04. The molecule has 0 aliphatic carbocycles. The molecule has 4 rings (SSSR count). The van der Waals surface area contributed by atoms with Gasteiger partial charge < -0.3 is 10.6 Å². The van der Waals surface area contributed by atoms with E-state index in [0.29, 0.717) is 12.1 Å². The van der Waals surface area contributed by atoms with E-state index in [0.717, 1.165) is 12.1 Å². The van der Waals surface area contributed by atoms with Crippen molar-refractivity contribution in [1.82, 2.24) is 10.6 Å². The van der Waals surface area contributed by atoms with Crippen LogP contribution in [0.15, 0.2) is 35.4 Å². The van der Waals surface area contributed by atoms with E-state index in [1.807, 2.05) is 0 Å². The summed E-state index contributed by atoms with van der Waals surface area (Å²) in [5.74, 6) is -6.68. The molecule has 0 unspecified atom stereocenters. The van der Waals surface area contributed by atoms with Gasteiger partial charge in [-0.05, 0) is 5.56 Å². The highest BCUT2D eigenvalue weighted by atomic mass is 35.5. The second-order valence-corrected chi connectivity index (χ2v) is 8.89. The highest BCUT2D eigenvalue weighted by Crippen LogP contribution is 2.49. The molecule has 178 valence electrons. The first-order chi connectivity index (χ1) is 15.7. The Morgan fingerprint density at radius 2 is 1.03 bits per heavy atom. The maximum atomic E-state index is 13.6. The molecule has 0 saturated heterocycles. The van der Waals surface area contributed by atoms with Gasteiger partial charge in [0.05, 0.1) is 47.7 Å². The molecule has 0 spiro atoms. The number of hydrogen-bond donors (Lipinski definition) is 2. The molecule has 0 saturated carbocycles. The van der Waals surface area contributed by atoms with E-state index in [1.54, 1.807) is 0 Å². The first-order valence-corrected chi connectivity index (χ1v) is 10.8. The Balaban J connectivity index is 1.87. The standard InChI is InChI=1S/C20H6Cl5F5N2O2/c21-10-9(11(22)13(24)14(25)12(10)23)16-8-7(17(33)32-16)15(31-18(8)34)5-1-3-6(4-2-5)19(26,27)20(28,29)30/h1-4H,(H,31,34)(H,32,33). The Morgan fingerprint density at radius 1 is 0.618 bits per heavy atom. The Bertz CT molecular complexity index is 1320. The molecule has 0 atom stereocenters. The minimum absolute atomic E-state index is 0.000777. The summed E-state index contributed by atoms with van der Waals surface area (Å²) in [6, 6.07) is 2.93. The molecule has 0 bridgehead atoms. The average molecular weight is 579 g/mol. The van der Waals surface area contributed by atoms with Crippen LogP contribution in [0.4, 0.5) is 22.0 Å². The zero-order valence-electron chi connectivity index (χ0n) is 15.9. The van der Waals surface area contributed by atoms with Crippen LogP contribution in [0.5, 0.6) is 0 Å². The van der Waals surface area contributed by atoms with Crippen LogP contribution < -0.4 is 10.6 Å². The van der Waals surface area contributed by atoms with Gasteiger partial charge in [0.1, 0.15) is 0 Å². The van der Waals surface area contributed by atoms with Gasteiger partial charge in [0.15, 0.2) is 0 Å². The molecular weight excluding hydrogens is 572 g/mol. The summed E-state index contributed by atoms with van der Waals surface area (Å²) >= 11 is 30.6. The van der Waals surface area contributed by atoms with Crippen LogP contribution in [-0.2, 0) is 15.5 Å². The normalized spacial score (nSPS) is 16.3. The number of carbonyl (C=O) groups excluding carboxylic acids is 2. The highest BCUT2D eigenvalue weighted by molar-refractivity contribution is 6.56. The van der Waals surface area contributed by atoms with Crippen LogP contribution in [0, 0.1) is 0 Å². The monoisotopic (exact) mass is 576 g/mol. The predicted octanol–water partition coefficient (Wildman–Crippen LogP) is 6.99. The van der Waals surface area contributed by atoms with Crippen LogP contribution in [0.2, 0.25) is 25.1 Å². The molecule has 0 aromatic heterocycles. The van der Waals surface area contributed by atoms with Gasteiger partial charge in [-0.3, -0.25) is 9.59 Å². The summed E-state index contributed by atoms with van der Waals surface area (Å²) in [6.07, 6.45) is -5.80. The first-order valence-electron chi connectivity index (χ1n) is 8.87. The molecule has 2 amide bonds. The van der Waals surface area contributed by atoms with Gasteiger partial charge in [-0.1, -0.05) is 82.3 Å². The number of fused-ring (bicyclic) bond motifs is 1. The molecule has 2 heterocycles. The third-order valence-corrected chi connectivity index (χ3v) is 7.31. The zero-order chi connectivity index (χ0) is 25.3. The topological polar surface area (TPSA) is 58.2 Å². The quantitative estimate of drug-likeness (QED) is 0.234. The van der Waals surface area contributed by atoms with Crippen molar-refractivity contribution in [2.45, 2.75) is 12.1 Å². The summed E-state index contributed by atoms with van der Waals surface area (Å²) < 4.78 is 65.0. The number of benzene rings is 2. The Labute approximate surface area is 212 Å². The van der Waals surface area contributed by atoms with E-state index in [2.05, 4.69) is 10.6 Å². The molecule has 34 heavy (non-hydrogen) atoms. The molecule has 14 heteroatoms. The molecule has 2 aromatic carbocycles. The summed E-state index contributed by atoms with van der Waals surface area (Å²) in [5, 5.41) is 3.91. The largest absolute Gasteiger partial charge is 0.458 e. The SMILES string of the molecule is O=C1NC(c2c(Cl)c(Cl)c(Cl)c(Cl)c2Cl)=C2C(=O)NC(c3ccc(C(F)(F)C(F)(F)F)cc3)=C12. The lowest BCUT2D eigenvalue weighted by Gasteiger charge is -2.20. The summed E-state index contributed by atoms with van der Waals surface area (Å²) in [7, 11) is 0. The minimum Gasteiger partial charge on any atom is -0.321 e. The molecule has 2 N–H and O–H groups in total. The zero-order valence-corrected chi connectivity index (χ0v) is 19.7. The van der Waals surface area contributed by atoms with Gasteiger partial charge in [-0.15, -0.1) is 0 Å². The molecule has 0 fully saturated rings. The van der Waals surface area contributed by atoms with Gasteiger partial charge in [0.2, 0.25) is 0 Å². The second kappa shape index (κ2) is 8.27. The first kappa shape index (κ1) is 25.1. The number of rotatable bonds is 3. The molecule has 2 aliphatic heterocycles. The lowest BCUT2D eigenvalue weighted by atomic mass is 10.00. The minimum atomic E-state index is -5.80. The number of carbonyl (C=O) groups is 2. The van der Waals surface area contributed by atoms with E-state index < -0.39 is 29.5 Å². The fourth-order valence-electron chi connectivity index (χ4n) is 3.42. The predicted molar refractivity (Wildman–Crippen MR) is 118 cm³/mol. The maximum absolute atomic E-state index is 13.6. The van der Waals surface area contributed by atoms with Crippen LogP contribution in [0.1, 0.15) is 16.7 Å². The maximum Gasteiger partial charge on any atom is 0.458 e. The molecule has 4 nitrogen and oxygen atoms in total. The summed E-state index contributed by atoms with van der Waals surface area (Å²) in [6.45, 7) is 0. The fourth-order valence-corrected chi connectivity index (χ4v) is 4.75. The average Bonchev–Trinajstić information content (AvgIpc) is 3.29. The van der Waals surface area contributed by atoms with Crippen molar-refractivity contribution in [3.8, 4) is 0 Å². The van der Waals surface area contributed by atoms with Gasteiger partial charge in [-0.25, -0.2) is 0 Å². The van der Waals surface area contributed by atoms with Crippen molar-refractivity contribution < 1.29 is 31.5 Å². The Kier molecular flexibility index (Phi) is 6.10. The van der Waals surface area contributed by atoms with Crippen molar-refractivity contribution in [1.29, 1.82) is 0 Å². The van der Waals surface area contributed by atoms with Gasteiger partial charge in [0, 0.05) is 11.1 Å². The molecule has 2 aliphatic rings. The highest BCUT2D eigenvalue weighted by Gasteiger charge is 2.58. The van der Waals surface area contributed by atoms with E-state index in [1.165, 1.54) is 0 Å². The molecule has 0 radical (unpaired) electrons. The van der Waals surface area contributed by atoms with Crippen LogP contribution >= 0.6 is 58.0 Å². The van der Waals surface area contributed by atoms with Crippen molar-refractivity contribution in [3.05, 3.63) is 77.2 Å². The third kappa shape index (κ3) is 3.65. The van der Waals surface area contributed by atoms with Crippen molar-refractivity contribution >= 4 is 81.2 Å². The van der Waals surface area contributed by atoms with Crippen LogP contribution in [0.25, 0.3) is 11.4 Å². The van der Waals surface area contributed by atoms with Crippen molar-refractivity contribution in [2.75, 3.05) is 0 Å². The van der Waals surface area contributed by atoms with E-state index in [-0.39, 0.29) is 58.8 Å². The number of hydrogen-bond acceptors (Lipinski definition) is 2. The number of nitrogens with one attached hydrogen (secondary N) is 2. The third-order valence-electron chi connectivity index (χ3n) is 5.03. The Morgan fingerprint density at radius 3 is 1.50 bits per heavy atom. The fraction of sp³-hybridized carbons (Fsp3) is 0.100. The van der Waals surface area contributed by atoms with Gasteiger partial charge >= 0.3 is 12.1 Å². The molecule has 2 aromatic rings. The second-order valence-electron chi connectivity index (χ2n) is 7.00. The summed E-state index contributed by atoms with van der Waals surface area (Å²) in [5.41, 5.74) is -2.06. The summed E-state index contributed by atoms with van der Waals surface area (Å²) in [4.78, 5) is 25.5. The number of alkyl halides is 5. The van der Waals surface area contributed by atoms with Crippen LogP contribution in [0.3, 0.4) is 0 Å². The van der Waals surface area contributed by atoms with Gasteiger partial charge in [-0.2, -0.15) is 22.0 Å². The van der Waals surface area contributed by atoms with Crippen LogP contribution in [-0.4, -0.2) is 18.0 Å². The molecular formula is C20H6Cl5F5N2O2. The van der Waals surface area contributed by atoms with E-state index in [9.17, 15) is 31.5 Å². The van der Waals surface area contributed by atoms with Gasteiger partial charge in [0.25, 0.3) is 11.8 Å². The lowest BCUT2D eigenvalue weighted by molar-refractivity contribution is -0.289.